The quantitative estimate of drug-likeness (QED) is 0.629. The van der Waals surface area contributed by atoms with E-state index in [2.05, 4.69) is 5.32 Å². The van der Waals surface area contributed by atoms with Crippen LogP contribution in [0.15, 0.2) is 36.4 Å². The number of hydrogen-bond acceptors (Lipinski definition) is 6. The Morgan fingerprint density at radius 3 is 2.36 bits per heavy atom. The van der Waals surface area contributed by atoms with E-state index in [1.165, 1.54) is 11.3 Å². The molecule has 0 spiro atoms. The predicted molar refractivity (Wildman–Crippen MR) is 109 cm³/mol. The van der Waals surface area contributed by atoms with Crippen molar-refractivity contribution in [1.29, 1.82) is 0 Å². The van der Waals surface area contributed by atoms with Crippen LogP contribution in [0.3, 0.4) is 0 Å². The van der Waals surface area contributed by atoms with E-state index in [1.54, 1.807) is 19.9 Å². The van der Waals surface area contributed by atoms with Crippen LogP contribution in [0.25, 0.3) is 0 Å². The van der Waals surface area contributed by atoms with E-state index in [1.807, 2.05) is 37.3 Å². The van der Waals surface area contributed by atoms with E-state index in [0.29, 0.717) is 10.6 Å². The highest BCUT2D eigenvalue weighted by Crippen LogP contribution is 2.36. The SMILES string of the molecule is CCOC(=O)CCC(=O)Nc1sc([C@@H](C)c2ccccc2)cc1C(=O)OCC. The maximum absolute atomic E-state index is 12.3. The van der Waals surface area contributed by atoms with E-state index in [9.17, 15) is 14.4 Å². The molecule has 150 valence electrons. The Balaban J connectivity index is 2.19. The van der Waals surface area contributed by atoms with Crippen molar-refractivity contribution in [2.45, 2.75) is 39.5 Å². The van der Waals surface area contributed by atoms with Crippen LogP contribution in [0.5, 0.6) is 0 Å². The number of carbonyl (C=O) groups is 3. The second-order valence-corrected chi connectivity index (χ2v) is 7.18. The van der Waals surface area contributed by atoms with Gasteiger partial charge in [-0.1, -0.05) is 37.3 Å². The number of rotatable bonds is 9. The van der Waals surface area contributed by atoms with E-state index in [4.69, 9.17) is 9.47 Å². The van der Waals surface area contributed by atoms with Gasteiger partial charge in [-0.3, -0.25) is 9.59 Å². The van der Waals surface area contributed by atoms with Gasteiger partial charge in [0.15, 0.2) is 0 Å². The summed E-state index contributed by atoms with van der Waals surface area (Å²) in [6.45, 7) is 6.01. The highest BCUT2D eigenvalue weighted by Gasteiger charge is 2.22. The molecule has 1 aromatic heterocycles. The molecule has 1 heterocycles. The molecule has 1 N–H and O–H groups in total. The molecule has 0 saturated carbocycles. The minimum atomic E-state index is -0.481. The van der Waals surface area contributed by atoms with Gasteiger partial charge in [-0.15, -0.1) is 11.3 Å². The molecular formula is C21H25NO5S. The Kier molecular flexibility index (Phi) is 8.19. The average Bonchev–Trinajstić information content (AvgIpc) is 3.10. The normalized spacial score (nSPS) is 11.5. The summed E-state index contributed by atoms with van der Waals surface area (Å²) in [4.78, 5) is 36.9. The summed E-state index contributed by atoms with van der Waals surface area (Å²) in [6, 6.07) is 11.7. The average molecular weight is 404 g/mol. The first-order valence-corrected chi connectivity index (χ1v) is 10.1. The molecule has 6 nitrogen and oxygen atoms in total. The van der Waals surface area contributed by atoms with E-state index in [0.717, 1.165) is 10.4 Å². The van der Waals surface area contributed by atoms with Crippen LogP contribution >= 0.6 is 11.3 Å². The largest absolute Gasteiger partial charge is 0.466 e. The first-order chi connectivity index (χ1) is 13.5. The van der Waals surface area contributed by atoms with Gasteiger partial charge in [0.2, 0.25) is 5.91 Å². The summed E-state index contributed by atoms with van der Waals surface area (Å²) in [5, 5.41) is 3.18. The molecular weight excluding hydrogens is 378 g/mol. The van der Waals surface area contributed by atoms with Gasteiger partial charge in [-0.05, 0) is 25.5 Å². The van der Waals surface area contributed by atoms with Gasteiger partial charge in [0.1, 0.15) is 5.00 Å². The molecule has 0 radical (unpaired) electrons. The van der Waals surface area contributed by atoms with Crippen molar-refractivity contribution >= 4 is 34.2 Å². The molecule has 1 amide bonds. The van der Waals surface area contributed by atoms with Crippen LogP contribution in [0.2, 0.25) is 0 Å². The van der Waals surface area contributed by atoms with Crippen molar-refractivity contribution < 1.29 is 23.9 Å². The fourth-order valence-electron chi connectivity index (χ4n) is 2.62. The molecule has 0 bridgehead atoms. The van der Waals surface area contributed by atoms with Gasteiger partial charge in [-0.25, -0.2) is 4.79 Å². The van der Waals surface area contributed by atoms with Gasteiger partial charge in [0.25, 0.3) is 0 Å². The molecule has 1 aromatic carbocycles. The lowest BCUT2D eigenvalue weighted by atomic mass is 9.99. The number of hydrogen-bond donors (Lipinski definition) is 1. The zero-order valence-electron chi connectivity index (χ0n) is 16.3. The lowest BCUT2D eigenvalue weighted by molar-refractivity contribution is -0.144. The number of anilines is 1. The highest BCUT2D eigenvalue weighted by molar-refractivity contribution is 7.16. The van der Waals surface area contributed by atoms with Crippen molar-refractivity contribution in [2.24, 2.45) is 0 Å². The predicted octanol–water partition coefficient (Wildman–Crippen LogP) is 4.36. The van der Waals surface area contributed by atoms with Crippen LogP contribution in [0.1, 0.15) is 60.3 Å². The maximum Gasteiger partial charge on any atom is 0.341 e. The van der Waals surface area contributed by atoms with Crippen LogP contribution in [-0.2, 0) is 19.1 Å². The Bertz CT molecular complexity index is 815. The number of benzene rings is 1. The standard InChI is InChI=1S/C21H25NO5S/c1-4-26-19(24)12-11-18(23)22-20-16(21(25)27-5-2)13-17(28-20)14(3)15-9-7-6-8-10-15/h6-10,13-14H,4-5,11-12H2,1-3H3,(H,22,23)/t14-/m0/s1. The first-order valence-electron chi connectivity index (χ1n) is 9.27. The fraction of sp³-hybridized carbons (Fsp3) is 0.381. The molecule has 2 rings (SSSR count). The molecule has 0 aliphatic rings. The summed E-state index contributed by atoms with van der Waals surface area (Å²) in [6.07, 6.45) is -0.0182. The Hall–Kier alpha value is -2.67. The molecule has 1 atom stereocenters. The number of carbonyl (C=O) groups excluding carboxylic acids is 3. The first kappa shape index (κ1) is 21.6. The van der Waals surface area contributed by atoms with Gasteiger partial charge in [0, 0.05) is 17.2 Å². The lowest BCUT2D eigenvalue weighted by Gasteiger charge is -2.09. The Morgan fingerprint density at radius 2 is 1.71 bits per heavy atom. The summed E-state index contributed by atoms with van der Waals surface area (Å²) in [5.74, 6) is -1.19. The van der Waals surface area contributed by atoms with Crippen LogP contribution < -0.4 is 5.32 Å². The second-order valence-electron chi connectivity index (χ2n) is 6.10. The van der Waals surface area contributed by atoms with Crippen molar-refractivity contribution in [3.63, 3.8) is 0 Å². The molecule has 28 heavy (non-hydrogen) atoms. The van der Waals surface area contributed by atoms with Gasteiger partial charge >= 0.3 is 11.9 Å². The third kappa shape index (κ3) is 5.92. The number of amides is 1. The zero-order chi connectivity index (χ0) is 20.5. The number of thiophene rings is 1. The van der Waals surface area contributed by atoms with E-state index in [-0.39, 0.29) is 37.9 Å². The summed E-state index contributed by atoms with van der Waals surface area (Å²) in [5.41, 5.74) is 1.44. The third-order valence-corrected chi connectivity index (χ3v) is 5.32. The van der Waals surface area contributed by atoms with Crippen LogP contribution in [-0.4, -0.2) is 31.1 Å². The minimum Gasteiger partial charge on any atom is -0.466 e. The van der Waals surface area contributed by atoms with Crippen LogP contribution in [0.4, 0.5) is 5.00 Å². The molecule has 0 unspecified atom stereocenters. The van der Waals surface area contributed by atoms with E-state index >= 15 is 0 Å². The fourth-order valence-corrected chi connectivity index (χ4v) is 3.76. The summed E-state index contributed by atoms with van der Waals surface area (Å²) >= 11 is 1.34. The van der Waals surface area contributed by atoms with Crippen molar-refractivity contribution in [2.75, 3.05) is 18.5 Å². The monoisotopic (exact) mass is 403 g/mol. The number of esters is 2. The zero-order valence-corrected chi connectivity index (χ0v) is 17.1. The van der Waals surface area contributed by atoms with Crippen molar-refractivity contribution in [3.05, 3.63) is 52.4 Å². The second kappa shape index (κ2) is 10.6. The molecule has 2 aromatic rings. The van der Waals surface area contributed by atoms with E-state index < -0.39 is 11.9 Å². The maximum atomic E-state index is 12.3. The number of nitrogens with one attached hydrogen (secondary N) is 1. The Morgan fingerprint density at radius 1 is 1.04 bits per heavy atom. The highest BCUT2D eigenvalue weighted by atomic mass is 32.1. The summed E-state index contributed by atoms with van der Waals surface area (Å²) in [7, 11) is 0. The molecule has 0 saturated heterocycles. The van der Waals surface area contributed by atoms with Crippen molar-refractivity contribution in [1.82, 2.24) is 0 Å². The summed E-state index contributed by atoms with van der Waals surface area (Å²) < 4.78 is 9.95. The third-order valence-electron chi connectivity index (χ3n) is 4.09. The van der Waals surface area contributed by atoms with Gasteiger partial charge < -0.3 is 14.8 Å². The molecule has 7 heteroatoms. The van der Waals surface area contributed by atoms with Gasteiger partial charge in [0.05, 0.1) is 25.2 Å². The molecule has 0 aliphatic carbocycles. The van der Waals surface area contributed by atoms with Crippen LogP contribution in [0, 0.1) is 0 Å². The number of ether oxygens (including phenoxy) is 2. The minimum absolute atomic E-state index is 0.00688. The van der Waals surface area contributed by atoms with Gasteiger partial charge in [-0.2, -0.15) is 0 Å². The molecule has 0 aliphatic heterocycles. The van der Waals surface area contributed by atoms with Crippen molar-refractivity contribution in [3.8, 4) is 0 Å². The topological polar surface area (TPSA) is 81.7 Å². The smallest absolute Gasteiger partial charge is 0.341 e. The Labute approximate surface area is 168 Å². The lowest BCUT2D eigenvalue weighted by Crippen LogP contribution is -2.16. The molecule has 0 fully saturated rings.